The highest BCUT2D eigenvalue weighted by molar-refractivity contribution is 5.96. The van der Waals surface area contributed by atoms with E-state index in [9.17, 15) is 23.6 Å². The molecular weight excluding hydrogens is 794 g/mol. The first kappa shape index (κ1) is 54.1. The standard InChI is InChI=1S/C40H62FN7O5.C4H10.C2H4O.CH2O/c1-5-42-38(31-9-7-6-8-10-31)40(52)47-19-15-33(16-20-47)53-32-13-17-45(18-14-32)27-37(50)46-21-23-48(24-22-46)39(51)34-25-30(11-12-35(34)41)26-36(28(2)3)44-43-29(4)49;1-3-4-2;1-2-3;1-2/h11-12,25,28,31-33,38,42H,5-10,13-24,26-27H2,1-4H3,(H,43,49);3-4H2,1-2H3;2H,1H3;1H2/b44-36-;;;. The Balaban J connectivity index is 0.00000135. The maximum atomic E-state index is 14.9. The molecule has 4 amide bonds. The van der Waals surface area contributed by atoms with Gasteiger partial charge in [0.2, 0.25) is 17.7 Å². The van der Waals surface area contributed by atoms with E-state index in [1.807, 2.05) is 20.6 Å². The molecule has 1 aromatic rings. The van der Waals surface area contributed by atoms with Crippen molar-refractivity contribution in [2.24, 2.45) is 16.9 Å². The lowest BCUT2D eigenvalue weighted by molar-refractivity contribution is -0.140. The van der Waals surface area contributed by atoms with Crippen LogP contribution in [0.5, 0.6) is 0 Å². The van der Waals surface area contributed by atoms with Gasteiger partial charge in [-0.2, -0.15) is 5.10 Å². The summed E-state index contributed by atoms with van der Waals surface area (Å²) in [6.45, 7) is 20.9. The Bertz CT molecular complexity index is 1530. The summed E-state index contributed by atoms with van der Waals surface area (Å²) in [4.78, 5) is 75.9. The summed E-state index contributed by atoms with van der Waals surface area (Å²) in [6.07, 6.45) is 13.6. The summed E-state index contributed by atoms with van der Waals surface area (Å²) in [7, 11) is 0. The number of hydrogen-bond donors (Lipinski definition) is 2. The van der Waals surface area contributed by atoms with Crippen molar-refractivity contribution in [2.45, 2.75) is 144 Å². The van der Waals surface area contributed by atoms with Crippen LogP contribution in [0, 0.1) is 17.7 Å². The molecule has 0 aromatic heterocycles. The number of benzene rings is 1. The van der Waals surface area contributed by atoms with Crippen LogP contribution >= 0.6 is 0 Å². The molecule has 62 heavy (non-hydrogen) atoms. The van der Waals surface area contributed by atoms with Crippen molar-refractivity contribution < 1.29 is 37.9 Å². The molecule has 2 N–H and O–H groups in total. The molecule has 1 atom stereocenters. The molecule has 4 fully saturated rings. The van der Waals surface area contributed by atoms with E-state index in [-0.39, 0.29) is 47.5 Å². The Morgan fingerprint density at radius 1 is 0.839 bits per heavy atom. The fraction of sp³-hybridized carbons (Fsp3) is 0.723. The smallest absolute Gasteiger partial charge is 0.256 e. The van der Waals surface area contributed by atoms with Crippen molar-refractivity contribution in [3.05, 3.63) is 35.1 Å². The Kier molecular flexibility index (Phi) is 26.2. The molecule has 3 saturated heterocycles. The SMILES string of the molecule is C=O.CC=O.CCCC.CCNC(C(=O)N1CCC(OC2CCN(CC(=O)N3CCN(C(=O)c4cc(C/C(=N/NC(C)=O)C(C)C)ccc4F)CC3)CC2)CC1)C1CCCCC1. The van der Waals surface area contributed by atoms with Gasteiger partial charge in [0.15, 0.2) is 0 Å². The number of amides is 4. The number of likely N-dealkylation sites (N-methyl/N-ethyl adjacent to an activating group) is 1. The predicted octanol–water partition coefficient (Wildman–Crippen LogP) is 5.66. The molecule has 15 heteroatoms. The first-order chi connectivity index (χ1) is 29.8. The molecule has 3 aliphatic heterocycles. The molecule has 350 valence electrons. The van der Waals surface area contributed by atoms with E-state index in [4.69, 9.17) is 14.3 Å². The summed E-state index contributed by atoms with van der Waals surface area (Å²) < 4.78 is 21.4. The third-order valence-corrected chi connectivity index (χ3v) is 11.9. The summed E-state index contributed by atoms with van der Waals surface area (Å²) >= 11 is 0. The average Bonchev–Trinajstić information content (AvgIpc) is 3.29. The maximum absolute atomic E-state index is 14.9. The Morgan fingerprint density at radius 2 is 1.39 bits per heavy atom. The Hall–Kier alpha value is -4.08. The first-order valence-corrected chi connectivity index (χ1v) is 23.1. The lowest BCUT2D eigenvalue weighted by Crippen LogP contribution is -2.54. The molecule has 0 spiro atoms. The number of rotatable bonds is 14. The number of carbonyl (C=O) groups excluding carboxylic acids is 6. The van der Waals surface area contributed by atoms with Gasteiger partial charge in [0.25, 0.3) is 5.91 Å². The second kappa shape index (κ2) is 30.1. The first-order valence-electron chi connectivity index (χ1n) is 23.1. The zero-order valence-electron chi connectivity index (χ0n) is 38.9. The van der Waals surface area contributed by atoms with Crippen LogP contribution in [0.4, 0.5) is 4.39 Å². The number of nitrogens with one attached hydrogen (secondary N) is 2. The van der Waals surface area contributed by atoms with Gasteiger partial charge in [-0.05, 0) is 81.5 Å². The molecule has 3 heterocycles. The van der Waals surface area contributed by atoms with Crippen molar-refractivity contribution in [2.75, 3.05) is 65.4 Å². The highest BCUT2D eigenvalue weighted by atomic mass is 19.1. The van der Waals surface area contributed by atoms with Crippen molar-refractivity contribution >= 4 is 42.4 Å². The van der Waals surface area contributed by atoms with E-state index in [0.29, 0.717) is 45.1 Å². The summed E-state index contributed by atoms with van der Waals surface area (Å²) in [6, 6.07) is 4.45. The fourth-order valence-electron chi connectivity index (χ4n) is 8.23. The van der Waals surface area contributed by atoms with E-state index in [0.717, 1.165) is 88.8 Å². The van der Waals surface area contributed by atoms with Gasteiger partial charge >= 0.3 is 0 Å². The van der Waals surface area contributed by atoms with Gasteiger partial charge in [-0.25, -0.2) is 9.82 Å². The molecule has 4 aliphatic rings. The number of nitrogens with zero attached hydrogens (tertiary/aromatic N) is 5. The second-order valence-electron chi connectivity index (χ2n) is 16.9. The van der Waals surface area contributed by atoms with Gasteiger partial charge in [0, 0.05) is 71.4 Å². The van der Waals surface area contributed by atoms with Gasteiger partial charge in [0.05, 0.1) is 30.4 Å². The number of aldehydes is 1. The molecular formula is C47H78FN7O7. The van der Waals surface area contributed by atoms with Crippen molar-refractivity contribution in [1.29, 1.82) is 0 Å². The molecule has 1 saturated carbocycles. The minimum atomic E-state index is -0.585. The van der Waals surface area contributed by atoms with Crippen molar-refractivity contribution in [3.8, 4) is 0 Å². The van der Waals surface area contributed by atoms with Crippen LogP contribution in [0.3, 0.4) is 0 Å². The van der Waals surface area contributed by atoms with E-state index < -0.39 is 11.7 Å². The lowest BCUT2D eigenvalue weighted by Gasteiger charge is -2.40. The number of hydrogen-bond acceptors (Lipinski definition) is 10. The number of piperidine rings is 2. The maximum Gasteiger partial charge on any atom is 0.256 e. The van der Waals surface area contributed by atoms with Crippen LogP contribution in [-0.2, 0) is 35.1 Å². The Morgan fingerprint density at radius 3 is 1.90 bits per heavy atom. The average molecular weight is 872 g/mol. The van der Waals surface area contributed by atoms with Gasteiger partial charge in [-0.3, -0.25) is 24.1 Å². The third-order valence-electron chi connectivity index (χ3n) is 11.9. The highest BCUT2D eigenvalue weighted by Crippen LogP contribution is 2.29. The minimum Gasteiger partial charge on any atom is -0.375 e. The number of halogens is 1. The zero-order chi connectivity index (χ0) is 46.0. The third kappa shape index (κ3) is 18.3. The summed E-state index contributed by atoms with van der Waals surface area (Å²) in [5.74, 6) is -0.431. The van der Waals surface area contributed by atoms with Gasteiger partial charge in [-0.1, -0.05) is 72.8 Å². The molecule has 1 unspecified atom stereocenters. The van der Waals surface area contributed by atoms with Gasteiger partial charge in [0.1, 0.15) is 18.9 Å². The van der Waals surface area contributed by atoms with Crippen LogP contribution in [0.15, 0.2) is 23.3 Å². The normalized spacial score (nSPS) is 18.6. The predicted molar refractivity (Wildman–Crippen MR) is 242 cm³/mol. The van der Waals surface area contributed by atoms with Crippen LogP contribution in [0.25, 0.3) is 0 Å². The number of likely N-dealkylation sites (tertiary alicyclic amines) is 2. The molecule has 5 rings (SSSR count). The number of hydrazone groups is 1. The largest absolute Gasteiger partial charge is 0.375 e. The molecule has 14 nitrogen and oxygen atoms in total. The highest BCUT2D eigenvalue weighted by Gasteiger charge is 2.35. The lowest BCUT2D eigenvalue weighted by atomic mass is 9.83. The van der Waals surface area contributed by atoms with Gasteiger partial charge in [-0.15, -0.1) is 0 Å². The fourth-order valence-corrected chi connectivity index (χ4v) is 8.23. The van der Waals surface area contributed by atoms with Crippen LogP contribution in [0.2, 0.25) is 0 Å². The van der Waals surface area contributed by atoms with Crippen molar-refractivity contribution in [3.63, 3.8) is 0 Å². The van der Waals surface area contributed by atoms with E-state index in [1.165, 1.54) is 52.0 Å². The molecule has 0 bridgehead atoms. The van der Waals surface area contributed by atoms with E-state index in [1.54, 1.807) is 21.9 Å². The molecule has 0 radical (unpaired) electrons. The topological polar surface area (TPSA) is 161 Å². The molecule has 1 aromatic carbocycles. The van der Waals surface area contributed by atoms with Crippen LogP contribution < -0.4 is 10.7 Å². The number of ether oxygens (including phenoxy) is 1. The quantitative estimate of drug-likeness (QED) is 0.137. The van der Waals surface area contributed by atoms with Crippen molar-refractivity contribution in [1.82, 2.24) is 30.3 Å². The number of unbranched alkanes of at least 4 members (excludes halogenated alkanes) is 1. The minimum absolute atomic E-state index is 0.00149. The van der Waals surface area contributed by atoms with E-state index >= 15 is 0 Å². The second-order valence-corrected chi connectivity index (χ2v) is 16.9. The van der Waals surface area contributed by atoms with Crippen LogP contribution in [0.1, 0.15) is 135 Å². The van der Waals surface area contributed by atoms with E-state index in [2.05, 4.69) is 46.4 Å². The van der Waals surface area contributed by atoms with Gasteiger partial charge < -0.3 is 34.3 Å². The zero-order valence-corrected chi connectivity index (χ0v) is 38.9. The summed E-state index contributed by atoms with van der Waals surface area (Å²) in [5, 5.41) is 7.69. The number of carbonyl (C=O) groups is 6. The monoisotopic (exact) mass is 872 g/mol. The molecule has 1 aliphatic carbocycles. The number of piperazine rings is 1. The Labute approximate surface area is 371 Å². The summed E-state index contributed by atoms with van der Waals surface area (Å²) in [5.41, 5.74) is 3.93. The van der Waals surface area contributed by atoms with Crippen LogP contribution in [-0.4, -0.2) is 146 Å².